The number of likely N-dealkylation sites (tertiary alicyclic amines) is 1. The monoisotopic (exact) mass is 463 g/mol. The van der Waals surface area contributed by atoms with Gasteiger partial charge in [-0.15, -0.1) is 0 Å². The molecule has 2 saturated heterocycles. The van der Waals surface area contributed by atoms with Crippen LogP contribution in [-0.4, -0.2) is 76.1 Å². The van der Waals surface area contributed by atoms with Crippen LogP contribution in [-0.2, 0) is 22.5 Å². The third-order valence-corrected chi connectivity index (χ3v) is 7.15. The molecule has 1 unspecified atom stereocenters. The van der Waals surface area contributed by atoms with Crippen molar-refractivity contribution in [1.82, 2.24) is 25.1 Å². The Balaban J connectivity index is 1.30. The highest BCUT2D eigenvalue weighted by molar-refractivity contribution is 5.83. The molecule has 0 radical (unpaired) electrons. The standard InChI is InChI=1S/C26H33N5O3/c32-26(28-33)24(17-20-5-2-1-3-6-20)31-19-22-8-4-7-21(25(22)27-31)18-29-11-9-23(10-12-29)30-13-15-34-16-14-30/h1-8,19,23-24,33H,9-18H2,(H,28,32). The molecule has 180 valence electrons. The van der Waals surface area contributed by atoms with E-state index in [1.165, 1.54) is 18.4 Å². The first-order valence-corrected chi connectivity index (χ1v) is 12.2. The molecular formula is C26H33N5O3. The van der Waals surface area contributed by atoms with Crippen LogP contribution in [0.15, 0.2) is 54.7 Å². The van der Waals surface area contributed by atoms with Crippen LogP contribution in [0.2, 0.25) is 0 Å². The van der Waals surface area contributed by atoms with Gasteiger partial charge in [0.25, 0.3) is 5.91 Å². The number of amides is 1. The number of aromatic nitrogens is 2. The van der Waals surface area contributed by atoms with Crippen molar-refractivity contribution in [2.45, 2.75) is 37.9 Å². The lowest BCUT2D eigenvalue weighted by molar-refractivity contribution is -0.132. The summed E-state index contributed by atoms with van der Waals surface area (Å²) in [5, 5.41) is 15.2. The van der Waals surface area contributed by atoms with E-state index >= 15 is 0 Å². The maximum atomic E-state index is 12.5. The molecule has 0 aliphatic carbocycles. The van der Waals surface area contributed by atoms with Crippen molar-refractivity contribution in [1.29, 1.82) is 0 Å². The first-order valence-electron chi connectivity index (χ1n) is 12.2. The molecule has 2 N–H and O–H groups in total. The second-order valence-electron chi connectivity index (χ2n) is 9.30. The van der Waals surface area contributed by atoms with E-state index in [0.29, 0.717) is 12.5 Å². The summed E-state index contributed by atoms with van der Waals surface area (Å²) in [6.07, 6.45) is 4.72. The van der Waals surface area contributed by atoms with E-state index in [0.717, 1.165) is 62.4 Å². The molecule has 2 fully saturated rings. The first-order chi connectivity index (χ1) is 16.7. The number of carbonyl (C=O) groups is 1. The summed E-state index contributed by atoms with van der Waals surface area (Å²) in [4.78, 5) is 17.6. The SMILES string of the molecule is O=C(NO)C(Cc1ccccc1)n1cc2cccc(CN3CCC(N4CCOCC4)CC3)c2n1. The van der Waals surface area contributed by atoms with Gasteiger partial charge in [0.05, 0.1) is 18.7 Å². The summed E-state index contributed by atoms with van der Waals surface area (Å²) in [5.74, 6) is -0.469. The summed E-state index contributed by atoms with van der Waals surface area (Å²) < 4.78 is 7.20. The molecule has 0 spiro atoms. The molecule has 2 aromatic carbocycles. The van der Waals surface area contributed by atoms with Crippen LogP contribution in [0.3, 0.4) is 0 Å². The van der Waals surface area contributed by atoms with Gasteiger partial charge < -0.3 is 4.74 Å². The van der Waals surface area contributed by atoms with Crippen LogP contribution in [0.1, 0.15) is 30.0 Å². The quantitative estimate of drug-likeness (QED) is 0.414. The zero-order valence-corrected chi connectivity index (χ0v) is 19.5. The van der Waals surface area contributed by atoms with Crippen molar-refractivity contribution in [2.75, 3.05) is 39.4 Å². The number of piperidine rings is 1. The molecule has 5 rings (SSSR count). The molecule has 8 heteroatoms. The molecule has 34 heavy (non-hydrogen) atoms. The second-order valence-corrected chi connectivity index (χ2v) is 9.30. The van der Waals surface area contributed by atoms with Crippen molar-refractivity contribution in [3.8, 4) is 0 Å². The molecule has 1 aromatic heterocycles. The summed E-state index contributed by atoms with van der Waals surface area (Å²) in [6, 6.07) is 16.1. The van der Waals surface area contributed by atoms with Gasteiger partial charge in [0, 0.05) is 43.7 Å². The Bertz CT molecular complexity index is 1090. The van der Waals surface area contributed by atoms with Gasteiger partial charge in [0.1, 0.15) is 6.04 Å². The largest absolute Gasteiger partial charge is 0.379 e. The van der Waals surface area contributed by atoms with E-state index in [1.807, 2.05) is 48.1 Å². The topological polar surface area (TPSA) is 82.9 Å². The molecule has 0 saturated carbocycles. The van der Waals surface area contributed by atoms with Crippen LogP contribution in [0.4, 0.5) is 0 Å². The molecule has 3 heterocycles. The second kappa shape index (κ2) is 10.7. The predicted molar refractivity (Wildman–Crippen MR) is 130 cm³/mol. The van der Waals surface area contributed by atoms with E-state index < -0.39 is 11.9 Å². The van der Waals surface area contributed by atoms with E-state index in [2.05, 4.69) is 21.9 Å². The van der Waals surface area contributed by atoms with Crippen molar-refractivity contribution in [2.24, 2.45) is 0 Å². The fourth-order valence-corrected chi connectivity index (χ4v) is 5.26. The van der Waals surface area contributed by atoms with Gasteiger partial charge in [-0.05, 0) is 37.1 Å². The Labute approximate surface area is 200 Å². The Morgan fingerprint density at radius 2 is 1.82 bits per heavy atom. The number of carbonyl (C=O) groups excluding carboxylic acids is 1. The molecule has 8 nitrogen and oxygen atoms in total. The Morgan fingerprint density at radius 3 is 2.56 bits per heavy atom. The van der Waals surface area contributed by atoms with Crippen LogP contribution in [0.25, 0.3) is 10.9 Å². The zero-order valence-electron chi connectivity index (χ0n) is 19.5. The number of rotatable bonds is 7. The minimum atomic E-state index is -0.628. The van der Waals surface area contributed by atoms with Crippen molar-refractivity contribution in [3.05, 3.63) is 65.9 Å². The molecule has 1 atom stereocenters. The summed E-state index contributed by atoms with van der Waals surface area (Å²) in [7, 11) is 0. The maximum Gasteiger partial charge on any atom is 0.268 e. The fraction of sp³-hybridized carbons (Fsp3) is 0.462. The molecule has 0 bridgehead atoms. The Hall–Kier alpha value is -2.78. The van der Waals surface area contributed by atoms with E-state index in [9.17, 15) is 10.0 Å². The number of nitrogens with one attached hydrogen (secondary N) is 1. The summed E-state index contributed by atoms with van der Waals surface area (Å²) >= 11 is 0. The minimum absolute atomic E-state index is 0.450. The van der Waals surface area contributed by atoms with Crippen LogP contribution in [0.5, 0.6) is 0 Å². The molecule has 3 aromatic rings. The molecule has 2 aliphatic heterocycles. The molecular weight excluding hydrogens is 430 g/mol. The lowest BCUT2D eigenvalue weighted by atomic mass is 10.0. The van der Waals surface area contributed by atoms with E-state index in [4.69, 9.17) is 9.84 Å². The first kappa shape index (κ1) is 23.0. The van der Waals surface area contributed by atoms with Gasteiger partial charge in [0.2, 0.25) is 0 Å². The van der Waals surface area contributed by atoms with Crippen molar-refractivity contribution >= 4 is 16.8 Å². The highest BCUT2D eigenvalue weighted by atomic mass is 16.5. The molecule has 1 amide bonds. The normalized spacial score (nSPS) is 19.3. The van der Waals surface area contributed by atoms with Crippen LogP contribution < -0.4 is 5.48 Å². The number of nitrogens with zero attached hydrogens (tertiary/aromatic N) is 4. The lowest BCUT2D eigenvalue weighted by Gasteiger charge is -2.40. The van der Waals surface area contributed by atoms with Gasteiger partial charge in [-0.1, -0.05) is 48.5 Å². The van der Waals surface area contributed by atoms with Gasteiger partial charge in [0.15, 0.2) is 0 Å². The number of ether oxygens (including phenoxy) is 1. The molecule has 2 aliphatic rings. The zero-order chi connectivity index (χ0) is 23.3. The van der Waals surface area contributed by atoms with Gasteiger partial charge in [-0.25, -0.2) is 5.48 Å². The average molecular weight is 464 g/mol. The highest BCUT2D eigenvalue weighted by Gasteiger charge is 2.27. The number of morpholine rings is 1. The third-order valence-electron chi connectivity index (χ3n) is 7.15. The number of hydrogen-bond acceptors (Lipinski definition) is 6. The van der Waals surface area contributed by atoms with Crippen LogP contribution in [0, 0.1) is 0 Å². The van der Waals surface area contributed by atoms with Gasteiger partial charge >= 0.3 is 0 Å². The predicted octanol–water partition coefficient (Wildman–Crippen LogP) is 2.62. The van der Waals surface area contributed by atoms with Crippen molar-refractivity contribution in [3.63, 3.8) is 0 Å². The van der Waals surface area contributed by atoms with Gasteiger partial charge in [-0.2, -0.15) is 5.10 Å². The number of hydroxylamine groups is 1. The number of benzene rings is 2. The summed E-state index contributed by atoms with van der Waals surface area (Å²) in [5.41, 5.74) is 4.92. The fourth-order valence-electron chi connectivity index (χ4n) is 5.26. The van der Waals surface area contributed by atoms with E-state index in [1.54, 1.807) is 4.68 Å². The smallest absolute Gasteiger partial charge is 0.268 e. The Kier molecular flexibility index (Phi) is 7.20. The number of fused-ring (bicyclic) bond motifs is 1. The third kappa shape index (κ3) is 5.15. The van der Waals surface area contributed by atoms with Crippen molar-refractivity contribution < 1.29 is 14.7 Å². The Morgan fingerprint density at radius 1 is 1.06 bits per heavy atom. The minimum Gasteiger partial charge on any atom is -0.379 e. The number of hydrogen-bond donors (Lipinski definition) is 2. The van der Waals surface area contributed by atoms with Crippen LogP contribution >= 0.6 is 0 Å². The maximum absolute atomic E-state index is 12.5. The lowest BCUT2D eigenvalue weighted by Crippen LogP contribution is -2.48. The average Bonchev–Trinajstić information content (AvgIpc) is 3.33. The van der Waals surface area contributed by atoms with Gasteiger partial charge in [-0.3, -0.25) is 24.5 Å². The van der Waals surface area contributed by atoms with E-state index in [-0.39, 0.29) is 0 Å². The summed E-state index contributed by atoms with van der Waals surface area (Å²) in [6.45, 7) is 6.79. The highest BCUT2D eigenvalue weighted by Crippen LogP contribution is 2.25.